The number of ether oxygens (including phenoxy) is 1. The van der Waals surface area contributed by atoms with Crippen molar-refractivity contribution in [2.24, 2.45) is 0 Å². The Bertz CT molecular complexity index is 359. The van der Waals surface area contributed by atoms with Crippen LogP contribution >= 0.6 is 23.2 Å². The molecule has 0 amide bonds. The van der Waals surface area contributed by atoms with Gasteiger partial charge in [-0.05, 0) is 37.5 Å². The lowest BCUT2D eigenvalue weighted by Gasteiger charge is -2.14. The molecule has 0 aliphatic heterocycles. The van der Waals surface area contributed by atoms with Crippen LogP contribution < -0.4 is 10.1 Å². The van der Waals surface area contributed by atoms with Crippen molar-refractivity contribution in [3.63, 3.8) is 0 Å². The zero-order valence-electron chi connectivity index (χ0n) is 11.2. The van der Waals surface area contributed by atoms with E-state index in [1.54, 1.807) is 0 Å². The van der Waals surface area contributed by atoms with Gasteiger partial charge in [0.25, 0.3) is 0 Å². The molecule has 102 valence electrons. The van der Waals surface area contributed by atoms with Crippen LogP contribution in [0.2, 0.25) is 10.0 Å². The molecule has 4 heteroatoms. The molecule has 2 nitrogen and oxygen atoms in total. The molecule has 0 spiro atoms. The van der Waals surface area contributed by atoms with E-state index in [0.717, 1.165) is 24.9 Å². The Morgan fingerprint density at radius 1 is 1.22 bits per heavy atom. The highest BCUT2D eigenvalue weighted by Gasteiger charge is 2.10. The monoisotopic (exact) mass is 289 g/mol. The lowest BCUT2D eigenvalue weighted by Crippen LogP contribution is -2.24. The molecular weight excluding hydrogens is 269 g/mol. The van der Waals surface area contributed by atoms with Gasteiger partial charge in [0.15, 0.2) is 5.75 Å². The van der Waals surface area contributed by atoms with Gasteiger partial charge >= 0.3 is 0 Å². The molecular formula is C14H21Cl2NO. The maximum atomic E-state index is 6.18. The third-order valence-corrected chi connectivity index (χ3v) is 3.34. The third-order valence-electron chi connectivity index (χ3n) is 2.78. The van der Waals surface area contributed by atoms with Crippen molar-refractivity contribution in [1.29, 1.82) is 0 Å². The number of benzene rings is 1. The fourth-order valence-corrected chi connectivity index (χ4v) is 2.13. The number of hydrogen-bond donors (Lipinski definition) is 1. The summed E-state index contributed by atoms with van der Waals surface area (Å²) >= 11 is 12.4. The highest BCUT2D eigenvalue weighted by Crippen LogP contribution is 2.34. The maximum Gasteiger partial charge on any atom is 0.156 e. The van der Waals surface area contributed by atoms with Gasteiger partial charge in [-0.25, -0.2) is 0 Å². The number of rotatable bonds is 7. The molecule has 1 aromatic carbocycles. The van der Waals surface area contributed by atoms with Crippen LogP contribution in [-0.2, 0) is 6.54 Å². The average molecular weight is 290 g/mol. The van der Waals surface area contributed by atoms with E-state index in [1.165, 1.54) is 0 Å². The van der Waals surface area contributed by atoms with Crippen molar-refractivity contribution in [2.75, 3.05) is 6.61 Å². The molecule has 18 heavy (non-hydrogen) atoms. The molecule has 0 aromatic heterocycles. The highest BCUT2D eigenvalue weighted by atomic mass is 35.5. The van der Waals surface area contributed by atoms with Gasteiger partial charge < -0.3 is 10.1 Å². The van der Waals surface area contributed by atoms with Gasteiger partial charge in [-0.2, -0.15) is 0 Å². The van der Waals surface area contributed by atoms with E-state index in [4.69, 9.17) is 27.9 Å². The molecule has 0 radical (unpaired) electrons. The summed E-state index contributed by atoms with van der Waals surface area (Å²) < 4.78 is 5.53. The van der Waals surface area contributed by atoms with Crippen molar-refractivity contribution in [2.45, 2.75) is 46.2 Å². The topological polar surface area (TPSA) is 21.3 Å². The van der Waals surface area contributed by atoms with Crippen molar-refractivity contribution in [1.82, 2.24) is 5.32 Å². The molecule has 0 unspecified atom stereocenters. The minimum atomic E-state index is 0.485. The smallest absolute Gasteiger partial charge is 0.156 e. The minimum Gasteiger partial charge on any atom is -0.490 e. The van der Waals surface area contributed by atoms with E-state index in [2.05, 4.69) is 19.2 Å². The van der Waals surface area contributed by atoms with E-state index < -0.39 is 0 Å². The van der Waals surface area contributed by atoms with Crippen LogP contribution in [0.25, 0.3) is 0 Å². The first-order valence-electron chi connectivity index (χ1n) is 6.42. The second-order valence-corrected chi connectivity index (χ2v) is 5.24. The van der Waals surface area contributed by atoms with E-state index in [9.17, 15) is 0 Å². The van der Waals surface area contributed by atoms with Crippen molar-refractivity contribution >= 4 is 23.2 Å². The summed E-state index contributed by atoms with van der Waals surface area (Å²) in [5.74, 6) is 0.590. The molecule has 1 N–H and O–H groups in total. The van der Waals surface area contributed by atoms with Gasteiger partial charge in [-0.15, -0.1) is 0 Å². The zero-order valence-corrected chi connectivity index (χ0v) is 12.7. The quantitative estimate of drug-likeness (QED) is 0.788. The van der Waals surface area contributed by atoms with Gasteiger partial charge in [0.05, 0.1) is 16.7 Å². The highest BCUT2D eigenvalue weighted by molar-refractivity contribution is 6.37. The van der Waals surface area contributed by atoms with Crippen LogP contribution in [0, 0.1) is 0 Å². The lowest BCUT2D eigenvalue weighted by molar-refractivity contribution is 0.317. The molecule has 0 aliphatic rings. The normalized spacial score (nSPS) is 12.5. The first-order valence-corrected chi connectivity index (χ1v) is 7.18. The van der Waals surface area contributed by atoms with Crippen LogP contribution in [0.5, 0.6) is 5.75 Å². The summed E-state index contributed by atoms with van der Waals surface area (Å²) in [5, 5.41) is 4.57. The first kappa shape index (κ1) is 15.6. The lowest BCUT2D eigenvalue weighted by atomic mass is 10.2. The standard InChI is InChI=1S/C14H21Cl2NO/c1-4-6-18-14-12(15)7-11(8-13(14)16)9-17-10(3)5-2/h7-8,10,17H,4-6,9H2,1-3H3/t10-/m1/s1. The predicted octanol–water partition coefficient (Wildman–Crippen LogP) is 4.67. The Morgan fingerprint density at radius 3 is 2.33 bits per heavy atom. The summed E-state index contributed by atoms with van der Waals surface area (Å²) in [4.78, 5) is 0. The Balaban J connectivity index is 2.73. The van der Waals surface area contributed by atoms with Crippen LogP contribution in [-0.4, -0.2) is 12.6 Å². The molecule has 0 fully saturated rings. The molecule has 0 aliphatic carbocycles. The van der Waals surface area contributed by atoms with E-state index in [-0.39, 0.29) is 0 Å². The van der Waals surface area contributed by atoms with Gasteiger partial charge in [-0.1, -0.05) is 37.0 Å². The maximum absolute atomic E-state index is 6.18. The SMILES string of the molecule is CCCOc1c(Cl)cc(CN[C@H](C)CC)cc1Cl. The summed E-state index contributed by atoms with van der Waals surface area (Å²) in [7, 11) is 0. The summed E-state index contributed by atoms with van der Waals surface area (Å²) in [6.07, 6.45) is 2.03. The summed E-state index contributed by atoms with van der Waals surface area (Å²) in [6.45, 7) is 7.75. The third kappa shape index (κ3) is 4.68. The Hall–Kier alpha value is -0.440. The predicted molar refractivity (Wildman–Crippen MR) is 78.8 cm³/mol. The summed E-state index contributed by atoms with van der Waals surface area (Å²) in [6, 6.07) is 4.31. The average Bonchev–Trinajstić information content (AvgIpc) is 2.35. The second kappa shape index (κ2) is 7.88. The van der Waals surface area contributed by atoms with Gasteiger partial charge in [0.1, 0.15) is 0 Å². The van der Waals surface area contributed by atoms with Crippen LogP contribution in [0.3, 0.4) is 0 Å². The molecule has 1 atom stereocenters. The Kier molecular flexibility index (Phi) is 6.83. The fraction of sp³-hybridized carbons (Fsp3) is 0.571. The second-order valence-electron chi connectivity index (χ2n) is 4.43. The van der Waals surface area contributed by atoms with Crippen molar-refractivity contribution in [3.8, 4) is 5.75 Å². The van der Waals surface area contributed by atoms with Crippen molar-refractivity contribution < 1.29 is 4.74 Å². The fourth-order valence-electron chi connectivity index (χ4n) is 1.49. The van der Waals surface area contributed by atoms with Crippen LogP contribution in [0.1, 0.15) is 39.2 Å². The van der Waals surface area contributed by atoms with E-state index >= 15 is 0 Å². The first-order chi connectivity index (χ1) is 8.58. The van der Waals surface area contributed by atoms with Gasteiger partial charge in [-0.3, -0.25) is 0 Å². The molecule has 1 aromatic rings. The van der Waals surface area contributed by atoms with Crippen LogP contribution in [0.15, 0.2) is 12.1 Å². The molecule has 0 bridgehead atoms. The Labute approximate surface area is 120 Å². The molecule has 0 heterocycles. The van der Waals surface area contributed by atoms with Crippen LogP contribution in [0.4, 0.5) is 0 Å². The number of hydrogen-bond acceptors (Lipinski definition) is 2. The minimum absolute atomic E-state index is 0.485. The molecule has 0 saturated heterocycles. The largest absolute Gasteiger partial charge is 0.490 e. The van der Waals surface area contributed by atoms with Crippen molar-refractivity contribution in [3.05, 3.63) is 27.7 Å². The number of halogens is 2. The van der Waals surface area contributed by atoms with Gasteiger partial charge in [0, 0.05) is 12.6 Å². The zero-order chi connectivity index (χ0) is 13.5. The summed E-state index contributed by atoms with van der Waals surface area (Å²) in [5.41, 5.74) is 1.08. The van der Waals surface area contributed by atoms with Gasteiger partial charge in [0.2, 0.25) is 0 Å². The molecule has 1 rings (SSSR count). The molecule has 0 saturated carbocycles. The van der Waals surface area contributed by atoms with E-state index in [0.29, 0.717) is 28.4 Å². The Morgan fingerprint density at radius 2 is 1.83 bits per heavy atom. The number of nitrogens with one attached hydrogen (secondary N) is 1. The van der Waals surface area contributed by atoms with E-state index in [1.807, 2.05) is 19.1 Å².